The Bertz CT molecular complexity index is 816. The molecule has 0 amide bonds. The average Bonchev–Trinajstić information content (AvgIpc) is 2.60. The highest BCUT2D eigenvalue weighted by Gasteiger charge is 2.26. The van der Waals surface area contributed by atoms with E-state index in [9.17, 15) is 8.42 Å². The Balaban J connectivity index is 1.79. The van der Waals surface area contributed by atoms with Crippen LogP contribution in [0.25, 0.3) is 0 Å². The molecule has 0 unspecified atom stereocenters. The molecule has 5 nitrogen and oxygen atoms in total. The van der Waals surface area contributed by atoms with Gasteiger partial charge in [-0.3, -0.25) is 0 Å². The smallest absolute Gasteiger partial charge is 0.244 e. The molecule has 0 aliphatic carbocycles. The van der Waals surface area contributed by atoms with Crippen molar-refractivity contribution in [3.63, 3.8) is 0 Å². The number of piperidine rings is 1. The number of benzene rings is 1. The molecule has 1 aromatic heterocycles. The van der Waals surface area contributed by atoms with Gasteiger partial charge in [0.25, 0.3) is 0 Å². The van der Waals surface area contributed by atoms with Gasteiger partial charge >= 0.3 is 0 Å². The third-order valence-corrected chi connectivity index (χ3v) is 6.51. The van der Waals surface area contributed by atoms with E-state index in [1.165, 1.54) is 6.20 Å². The van der Waals surface area contributed by atoms with Crippen LogP contribution in [0.3, 0.4) is 0 Å². The van der Waals surface area contributed by atoms with Gasteiger partial charge in [-0.05, 0) is 49.6 Å². The van der Waals surface area contributed by atoms with Gasteiger partial charge in [-0.1, -0.05) is 24.1 Å². The van der Waals surface area contributed by atoms with Gasteiger partial charge in [0.05, 0.1) is 0 Å². The highest BCUT2D eigenvalue weighted by molar-refractivity contribution is 7.89. The van der Waals surface area contributed by atoms with Crippen LogP contribution in [-0.2, 0) is 10.0 Å². The Labute approximate surface area is 147 Å². The zero-order valence-electron chi connectivity index (χ0n) is 13.5. The summed E-state index contributed by atoms with van der Waals surface area (Å²) >= 11 is 6.11. The molecule has 2 heterocycles. The summed E-state index contributed by atoms with van der Waals surface area (Å²) in [5.74, 6) is 0.581. The fourth-order valence-corrected chi connectivity index (χ4v) is 4.38. The third-order valence-electron chi connectivity index (χ3n) is 4.22. The van der Waals surface area contributed by atoms with E-state index in [1.54, 1.807) is 16.4 Å². The van der Waals surface area contributed by atoms with Crippen LogP contribution in [0.2, 0.25) is 5.02 Å². The minimum absolute atomic E-state index is 0.234. The highest BCUT2D eigenvalue weighted by atomic mass is 35.5. The summed E-state index contributed by atoms with van der Waals surface area (Å²) in [4.78, 5) is 4.48. The number of rotatable bonds is 4. The summed E-state index contributed by atoms with van der Waals surface area (Å²) in [6.07, 6.45) is 4.33. The maximum absolute atomic E-state index is 12.6. The molecular weight excluding hydrogens is 346 g/mol. The number of pyridine rings is 1. The second kappa shape index (κ2) is 7.09. The van der Waals surface area contributed by atoms with Gasteiger partial charge < -0.3 is 5.32 Å². The number of hydrogen-bond acceptors (Lipinski definition) is 4. The SMILES string of the molecule is Cc1c(Cl)cccc1Nc1ccc(S(=O)(=O)N2CCCCC2)cn1. The van der Waals surface area contributed by atoms with Gasteiger partial charge in [-0.25, -0.2) is 13.4 Å². The lowest BCUT2D eigenvalue weighted by molar-refractivity contribution is 0.346. The lowest BCUT2D eigenvalue weighted by Gasteiger charge is -2.25. The van der Waals surface area contributed by atoms with Crippen LogP contribution >= 0.6 is 11.6 Å². The van der Waals surface area contributed by atoms with E-state index in [0.717, 1.165) is 30.5 Å². The second-order valence-electron chi connectivity index (χ2n) is 5.88. The first-order valence-electron chi connectivity index (χ1n) is 7.97. The fourth-order valence-electron chi connectivity index (χ4n) is 2.74. The molecular formula is C17H20ClN3O2S. The molecule has 24 heavy (non-hydrogen) atoms. The maximum Gasteiger partial charge on any atom is 0.244 e. The van der Waals surface area contributed by atoms with E-state index in [-0.39, 0.29) is 4.90 Å². The van der Waals surface area contributed by atoms with Crippen molar-refractivity contribution in [3.8, 4) is 0 Å². The van der Waals surface area contributed by atoms with Crippen LogP contribution < -0.4 is 5.32 Å². The van der Waals surface area contributed by atoms with Gasteiger partial charge in [0.2, 0.25) is 10.0 Å². The van der Waals surface area contributed by atoms with E-state index in [4.69, 9.17) is 11.6 Å². The maximum atomic E-state index is 12.6. The predicted octanol–water partition coefficient (Wildman–Crippen LogP) is 3.96. The molecule has 1 aliphatic heterocycles. The molecule has 1 aliphatic rings. The molecule has 3 rings (SSSR count). The van der Waals surface area contributed by atoms with Crippen molar-refractivity contribution < 1.29 is 8.42 Å². The number of anilines is 2. The van der Waals surface area contributed by atoms with E-state index in [1.807, 2.05) is 25.1 Å². The standard InChI is InChI=1S/C17H20ClN3O2S/c1-13-15(18)6-5-7-16(13)20-17-9-8-14(12-19-17)24(22,23)21-10-3-2-4-11-21/h5-9,12H,2-4,10-11H2,1H3,(H,19,20). The number of sulfonamides is 1. The fraction of sp³-hybridized carbons (Fsp3) is 0.353. The number of nitrogens with one attached hydrogen (secondary N) is 1. The highest BCUT2D eigenvalue weighted by Crippen LogP contribution is 2.26. The van der Waals surface area contributed by atoms with Gasteiger partial charge in [-0.15, -0.1) is 0 Å². The van der Waals surface area contributed by atoms with Crippen LogP contribution in [0, 0.1) is 6.92 Å². The summed E-state index contributed by atoms with van der Waals surface area (Å²) in [7, 11) is -3.44. The monoisotopic (exact) mass is 365 g/mol. The molecule has 1 fully saturated rings. The van der Waals surface area contributed by atoms with Gasteiger partial charge in [-0.2, -0.15) is 4.31 Å². The summed E-state index contributed by atoms with van der Waals surface area (Å²) in [6.45, 7) is 3.09. The second-order valence-corrected chi connectivity index (χ2v) is 8.23. The van der Waals surface area contributed by atoms with Gasteiger partial charge in [0.15, 0.2) is 0 Å². The number of halogens is 1. The summed E-state index contributed by atoms with van der Waals surface area (Å²) < 4.78 is 26.8. The van der Waals surface area contributed by atoms with Gasteiger partial charge in [0, 0.05) is 30.0 Å². The Hall–Kier alpha value is -1.63. The lowest BCUT2D eigenvalue weighted by atomic mass is 10.2. The van der Waals surface area contributed by atoms with Crippen LogP contribution in [0.15, 0.2) is 41.4 Å². The summed E-state index contributed by atoms with van der Waals surface area (Å²) in [5.41, 5.74) is 1.77. The Morgan fingerprint density at radius 2 is 1.88 bits per heavy atom. The molecule has 0 atom stereocenters. The third kappa shape index (κ3) is 3.55. The van der Waals surface area contributed by atoms with Crippen LogP contribution in [0.5, 0.6) is 0 Å². The average molecular weight is 366 g/mol. The van der Waals surface area contributed by atoms with E-state index < -0.39 is 10.0 Å². The van der Waals surface area contributed by atoms with Crippen LogP contribution in [0.4, 0.5) is 11.5 Å². The topological polar surface area (TPSA) is 62.3 Å². The molecule has 2 aromatic rings. The quantitative estimate of drug-likeness (QED) is 0.890. The van der Waals surface area contributed by atoms with E-state index >= 15 is 0 Å². The van der Waals surface area contributed by atoms with E-state index in [2.05, 4.69) is 10.3 Å². The Kier molecular flexibility index (Phi) is 5.08. The number of nitrogens with zero attached hydrogens (tertiary/aromatic N) is 2. The summed E-state index contributed by atoms with van der Waals surface area (Å²) in [5, 5.41) is 3.84. The normalized spacial score (nSPS) is 16.1. The number of hydrogen-bond donors (Lipinski definition) is 1. The van der Waals surface area contributed by atoms with Crippen molar-refractivity contribution in [3.05, 3.63) is 47.1 Å². The van der Waals surface area contributed by atoms with Crippen LogP contribution in [0.1, 0.15) is 24.8 Å². The minimum atomic E-state index is -3.44. The lowest BCUT2D eigenvalue weighted by Crippen LogP contribution is -2.35. The van der Waals surface area contributed by atoms with Crippen molar-refractivity contribution in [2.24, 2.45) is 0 Å². The van der Waals surface area contributed by atoms with Crippen molar-refractivity contribution in [1.29, 1.82) is 0 Å². The number of aromatic nitrogens is 1. The largest absolute Gasteiger partial charge is 0.340 e. The molecule has 0 saturated carbocycles. The summed E-state index contributed by atoms with van der Waals surface area (Å²) in [6, 6.07) is 8.86. The molecule has 128 valence electrons. The predicted molar refractivity (Wildman–Crippen MR) is 96.3 cm³/mol. The van der Waals surface area contributed by atoms with Gasteiger partial charge in [0.1, 0.15) is 10.7 Å². The molecule has 0 bridgehead atoms. The minimum Gasteiger partial charge on any atom is -0.340 e. The molecule has 7 heteroatoms. The van der Waals surface area contributed by atoms with Crippen molar-refractivity contribution in [2.75, 3.05) is 18.4 Å². The van der Waals surface area contributed by atoms with Crippen LogP contribution in [-0.4, -0.2) is 30.8 Å². The Morgan fingerprint density at radius 3 is 2.54 bits per heavy atom. The van der Waals surface area contributed by atoms with Crippen molar-refractivity contribution in [1.82, 2.24) is 9.29 Å². The molecule has 1 aromatic carbocycles. The first-order valence-corrected chi connectivity index (χ1v) is 9.78. The first-order chi connectivity index (χ1) is 11.5. The molecule has 1 saturated heterocycles. The Morgan fingerprint density at radius 1 is 1.12 bits per heavy atom. The molecule has 1 N–H and O–H groups in total. The zero-order chi connectivity index (χ0) is 17.2. The first kappa shape index (κ1) is 17.2. The molecule has 0 spiro atoms. The van der Waals surface area contributed by atoms with E-state index in [0.29, 0.717) is 23.9 Å². The molecule has 0 radical (unpaired) electrons. The zero-order valence-corrected chi connectivity index (χ0v) is 15.1. The van der Waals surface area contributed by atoms with Crippen molar-refractivity contribution in [2.45, 2.75) is 31.1 Å². The van der Waals surface area contributed by atoms with Crippen molar-refractivity contribution >= 4 is 33.1 Å².